The fourth-order valence-electron chi connectivity index (χ4n) is 2.35. The summed E-state index contributed by atoms with van der Waals surface area (Å²) in [7, 11) is 0. The summed E-state index contributed by atoms with van der Waals surface area (Å²) < 4.78 is 26.0. The zero-order chi connectivity index (χ0) is 13.1. The van der Waals surface area contributed by atoms with Crippen LogP contribution in [0.15, 0.2) is 18.2 Å². The second-order valence-electron chi connectivity index (χ2n) is 4.73. The van der Waals surface area contributed by atoms with Crippen molar-refractivity contribution in [3.8, 4) is 0 Å². The molecule has 0 heterocycles. The highest BCUT2D eigenvalue weighted by Gasteiger charge is 2.26. The first-order chi connectivity index (χ1) is 8.56. The van der Waals surface area contributed by atoms with Crippen molar-refractivity contribution < 1.29 is 13.6 Å². The minimum atomic E-state index is -0.765. The van der Waals surface area contributed by atoms with E-state index >= 15 is 0 Å². The van der Waals surface area contributed by atoms with Gasteiger partial charge in [-0.05, 0) is 30.9 Å². The number of nitrogens with one attached hydrogen (secondary N) is 1. The first-order valence-corrected chi connectivity index (χ1v) is 6.07. The van der Waals surface area contributed by atoms with Crippen LogP contribution in [0.3, 0.4) is 0 Å². The van der Waals surface area contributed by atoms with Crippen LogP contribution in [0.2, 0.25) is 0 Å². The molecule has 0 bridgehead atoms. The molecule has 1 amide bonds. The van der Waals surface area contributed by atoms with Gasteiger partial charge < -0.3 is 11.1 Å². The van der Waals surface area contributed by atoms with Crippen LogP contribution in [-0.4, -0.2) is 11.9 Å². The molecule has 0 spiro atoms. The molecule has 0 unspecified atom stereocenters. The van der Waals surface area contributed by atoms with Gasteiger partial charge in [-0.15, -0.1) is 12.4 Å². The van der Waals surface area contributed by atoms with Gasteiger partial charge in [0.1, 0.15) is 11.6 Å². The summed E-state index contributed by atoms with van der Waals surface area (Å²) in [6.45, 7) is 0. The third kappa shape index (κ3) is 4.14. The molecular weight excluding hydrogens is 274 g/mol. The molecule has 1 aliphatic carbocycles. The molecule has 2 rings (SSSR count). The summed E-state index contributed by atoms with van der Waals surface area (Å²) >= 11 is 0. The predicted molar refractivity (Wildman–Crippen MR) is 72.2 cm³/mol. The number of hydrogen-bond donors (Lipinski definition) is 2. The molecule has 19 heavy (non-hydrogen) atoms. The van der Waals surface area contributed by atoms with E-state index < -0.39 is 11.6 Å². The molecule has 2 atom stereocenters. The third-order valence-corrected chi connectivity index (χ3v) is 3.37. The molecule has 1 aromatic carbocycles. The second kappa shape index (κ2) is 6.82. The van der Waals surface area contributed by atoms with Crippen LogP contribution in [-0.2, 0) is 4.79 Å². The van der Waals surface area contributed by atoms with Gasteiger partial charge >= 0.3 is 0 Å². The Morgan fingerprint density at radius 1 is 1.37 bits per heavy atom. The first-order valence-electron chi connectivity index (χ1n) is 6.07. The van der Waals surface area contributed by atoms with Crippen LogP contribution in [0.25, 0.3) is 0 Å². The lowest BCUT2D eigenvalue weighted by Gasteiger charge is -2.14. The third-order valence-electron chi connectivity index (χ3n) is 3.37. The van der Waals surface area contributed by atoms with Gasteiger partial charge in [-0.3, -0.25) is 4.79 Å². The lowest BCUT2D eigenvalue weighted by molar-refractivity contribution is -0.117. The highest BCUT2D eigenvalue weighted by molar-refractivity contribution is 5.91. The maximum atomic E-state index is 13.3. The Labute approximate surface area is 117 Å². The van der Waals surface area contributed by atoms with Crippen molar-refractivity contribution in [2.45, 2.75) is 31.7 Å². The van der Waals surface area contributed by atoms with E-state index in [1.807, 2.05) is 0 Å². The van der Waals surface area contributed by atoms with E-state index in [2.05, 4.69) is 5.32 Å². The summed E-state index contributed by atoms with van der Waals surface area (Å²) in [5, 5.41) is 2.45. The molecular formula is C13H17ClF2N2O. The number of anilines is 1. The van der Waals surface area contributed by atoms with Gasteiger partial charge in [0.2, 0.25) is 5.91 Å². The van der Waals surface area contributed by atoms with Crippen molar-refractivity contribution in [2.24, 2.45) is 11.7 Å². The number of hydrogen-bond acceptors (Lipinski definition) is 2. The van der Waals surface area contributed by atoms with E-state index in [9.17, 15) is 13.6 Å². The van der Waals surface area contributed by atoms with Crippen molar-refractivity contribution in [1.82, 2.24) is 0 Å². The van der Waals surface area contributed by atoms with Crippen molar-refractivity contribution in [3.05, 3.63) is 29.8 Å². The van der Waals surface area contributed by atoms with E-state index in [1.54, 1.807) is 0 Å². The van der Waals surface area contributed by atoms with E-state index in [0.29, 0.717) is 0 Å². The van der Waals surface area contributed by atoms with Crippen LogP contribution < -0.4 is 11.1 Å². The average molecular weight is 291 g/mol. The number of rotatable bonds is 3. The fourth-order valence-corrected chi connectivity index (χ4v) is 2.35. The average Bonchev–Trinajstić information content (AvgIpc) is 2.69. The predicted octanol–water partition coefficient (Wildman–Crippen LogP) is 2.84. The Hall–Kier alpha value is -1.20. The fraction of sp³-hybridized carbons (Fsp3) is 0.462. The zero-order valence-corrected chi connectivity index (χ0v) is 11.2. The van der Waals surface area contributed by atoms with E-state index in [1.165, 1.54) is 6.07 Å². The van der Waals surface area contributed by atoms with Crippen LogP contribution in [0.4, 0.5) is 14.5 Å². The number of benzene rings is 1. The van der Waals surface area contributed by atoms with Crippen LogP contribution in [0.1, 0.15) is 25.7 Å². The van der Waals surface area contributed by atoms with Crippen LogP contribution in [0.5, 0.6) is 0 Å². The molecule has 0 aromatic heterocycles. The summed E-state index contributed by atoms with van der Waals surface area (Å²) in [4.78, 5) is 11.7. The smallest absolute Gasteiger partial charge is 0.224 e. The molecule has 3 nitrogen and oxygen atoms in total. The molecule has 6 heteroatoms. The quantitative estimate of drug-likeness (QED) is 0.899. The van der Waals surface area contributed by atoms with Crippen molar-refractivity contribution in [1.29, 1.82) is 0 Å². The number of nitrogens with two attached hydrogens (primary N) is 1. The Morgan fingerprint density at radius 3 is 2.68 bits per heavy atom. The van der Waals surface area contributed by atoms with Gasteiger partial charge in [0.15, 0.2) is 0 Å². The van der Waals surface area contributed by atoms with Gasteiger partial charge in [-0.2, -0.15) is 0 Å². The molecule has 1 aromatic rings. The topological polar surface area (TPSA) is 55.1 Å². The Balaban J connectivity index is 0.00000180. The monoisotopic (exact) mass is 290 g/mol. The number of carbonyl (C=O) groups excluding carboxylic acids is 1. The maximum absolute atomic E-state index is 13.3. The molecule has 1 fully saturated rings. The number of halogens is 3. The lowest BCUT2D eigenvalue weighted by Crippen LogP contribution is -2.28. The molecule has 0 aliphatic heterocycles. The number of carbonyl (C=O) groups is 1. The Kier molecular flexibility index (Phi) is 5.69. The number of amides is 1. The molecule has 3 N–H and O–H groups in total. The Morgan fingerprint density at radius 2 is 2.11 bits per heavy atom. The van der Waals surface area contributed by atoms with Crippen molar-refractivity contribution >= 4 is 24.0 Å². The van der Waals surface area contributed by atoms with Crippen molar-refractivity contribution in [2.75, 3.05) is 5.32 Å². The molecule has 1 aliphatic rings. The van der Waals surface area contributed by atoms with Gasteiger partial charge in [0.05, 0.1) is 5.69 Å². The highest BCUT2D eigenvalue weighted by Crippen LogP contribution is 2.27. The summed E-state index contributed by atoms with van der Waals surface area (Å²) in [6, 6.07) is 3.13. The minimum Gasteiger partial charge on any atom is -0.327 e. The van der Waals surface area contributed by atoms with E-state index in [-0.39, 0.29) is 42.4 Å². The molecule has 0 saturated heterocycles. The summed E-state index contributed by atoms with van der Waals surface area (Å²) in [5.74, 6) is -1.54. The van der Waals surface area contributed by atoms with Gasteiger partial charge in [0, 0.05) is 18.5 Å². The summed E-state index contributed by atoms with van der Waals surface area (Å²) in [6.07, 6.45) is 3.19. The van der Waals surface area contributed by atoms with Gasteiger partial charge in [0.25, 0.3) is 0 Å². The van der Waals surface area contributed by atoms with Crippen LogP contribution in [0, 0.1) is 17.6 Å². The molecule has 106 valence electrons. The summed E-state index contributed by atoms with van der Waals surface area (Å²) in [5.41, 5.74) is 5.87. The highest BCUT2D eigenvalue weighted by atomic mass is 35.5. The van der Waals surface area contributed by atoms with Gasteiger partial charge in [-0.1, -0.05) is 6.42 Å². The molecule has 1 saturated carbocycles. The zero-order valence-electron chi connectivity index (χ0n) is 10.4. The molecule has 0 radical (unpaired) electrons. The normalized spacial score (nSPS) is 21.8. The Bertz CT molecular complexity index is 456. The lowest BCUT2D eigenvalue weighted by atomic mass is 10.00. The SMILES string of the molecule is Cl.N[C@@H]1CCC[C@H]1CC(=O)Nc1ccc(F)cc1F. The van der Waals surface area contributed by atoms with E-state index in [4.69, 9.17) is 5.73 Å². The first kappa shape index (κ1) is 15.9. The van der Waals surface area contributed by atoms with Crippen molar-refractivity contribution in [3.63, 3.8) is 0 Å². The van der Waals surface area contributed by atoms with Crippen LogP contribution >= 0.6 is 12.4 Å². The second-order valence-corrected chi connectivity index (χ2v) is 4.73. The van der Waals surface area contributed by atoms with E-state index in [0.717, 1.165) is 31.4 Å². The minimum absolute atomic E-state index is 0. The standard InChI is InChI=1S/C13H16F2N2O.ClH/c14-9-4-5-12(10(15)7-9)17-13(18)6-8-2-1-3-11(8)16;/h4-5,7-8,11H,1-3,6,16H2,(H,17,18);1H/t8-,11+;/m0./s1. The maximum Gasteiger partial charge on any atom is 0.224 e. The largest absolute Gasteiger partial charge is 0.327 e. The van der Waals surface area contributed by atoms with Gasteiger partial charge in [-0.25, -0.2) is 8.78 Å².